The maximum Gasteiger partial charge on any atom is 0.419 e. The van der Waals surface area contributed by atoms with Crippen LogP contribution in [0.4, 0.5) is 19.0 Å². The van der Waals surface area contributed by atoms with E-state index in [4.69, 9.17) is 5.73 Å². The van der Waals surface area contributed by atoms with Crippen LogP contribution < -0.4 is 11.1 Å². The van der Waals surface area contributed by atoms with Crippen LogP contribution in [0.15, 0.2) is 18.3 Å². The Kier molecular flexibility index (Phi) is 3.47. The van der Waals surface area contributed by atoms with Crippen LogP contribution in [-0.4, -0.2) is 18.1 Å². The maximum absolute atomic E-state index is 12.7. The summed E-state index contributed by atoms with van der Waals surface area (Å²) in [7, 11) is 0. The van der Waals surface area contributed by atoms with Crippen molar-refractivity contribution in [1.82, 2.24) is 4.98 Å². The number of hydrogen-bond acceptors (Lipinski definition) is 3. The largest absolute Gasteiger partial charge is 0.419 e. The van der Waals surface area contributed by atoms with E-state index in [1.165, 1.54) is 12.3 Å². The summed E-state index contributed by atoms with van der Waals surface area (Å²) in [4.78, 5) is 3.77. The number of alkyl halides is 3. The minimum absolute atomic E-state index is 0.0785. The molecule has 0 aromatic carbocycles. The van der Waals surface area contributed by atoms with Crippen molar-refractivity contribution < 1.29 is 13.2 Å². The average Bonchev–Trinajstić information content (AvgIpc) is 3.07. The zero-order chi connectivity index (χ0) is 13.2. The molecular formula is C12H16F3N3. The minimum atomic E-state index is -4.37. The quantitative estimate of drug-likeness (QED) is 0.854. The molecule has 0 amide bonds. The number of anilines is 1. The molecule has 1 heterocycles. The first-order chi connectivity index (χ1) is 8.47. The maximum atomic E-state index is 12.7. The monoisotopic (exact) mass is 259 g/mol. The van der Waals surface area contributed by atoms with E-state index in [1.807, 2.05) is 0 Å². The highest BCUT2D eigenvalue weighted by atomic mass is 19.4. The molecule has 1 aromatic rings. The van der Waals surface area contributed by atoms with Gasteiger partial charge in [0.2, 0.25) is 0 Å². The molecule has 3 N–H and O–H groups in total. The highest BCUT2D eigenvalue weighted by molar-refractivity contribution is 5.45. The van der Waals surface area contributed by atoms with E-state index in [1.54, 1.807) is 0 Å². The van der Waals surface area contributed by atoms with Gasteiger partial charge in [0, 0.05) is 12.7 Å². The third-order valence-corrected chi connectivity index (χ3v) is 3.38. The summed E-state index contributed by atoms with van der Waals surface area (Å²) in [6.07, 6.45) is -0.133. The fraction of sp³-hybridized carbons (Fsp3) is 0.583. The summed E-state index contributed by atoms with van der Waals surface area (Å²) in [6.45, 7) is 1.07. The van der Waals surface area contributed by atoms with Gasteiger partial charge in [-0.3, -0.25) is 0 Å². The molecule has 0 unspecified atom stereocenters. The number of rotatable bonds is 5. The van der Waals surface area contributed by atoms with Gasteiger partial charge in [-0.25, -0.2) is 4.98 Å². The molecule has 0 radical (unpaired) electrons. The molecule has 0 bridgehead atoms. The Labute approximate surface area is 104 Å². The number of aromatic nitrogens is 1. The third kappa shape index (κ3) is 2.93. The second kappa shape index (κ2) is 4.76. The Morgan fingerprint density at radius 1 is 1.39 bits per heavy atom. The van der Waals surface area contributed by atoms with Gasteiger partial charge >= 0.3 is 6.18 Å². The van der Waals surface area contributed by atoms with E-state index in [2.05, 4.69) is 10.3 Å². The van der Waals surface area contributed by atoms with Crippen LogP contribution in [0.3, 0.4) is 0 Å². The van der Waals surface area contributed by atoms with E-state index in [9.17, 15) is 13.2 Å². The van der Waals surface area contributed by atoms with Crippen molar-refractivity contribution in [1.29, 1.82) is 0 Å². The van der Waals surface area contributed by atoms with Gasteiger partial charge < -0.3 is 11.1 Å². The molecule has 2 rings (SSSR count). The summed E-state index contributed by atoms with van der Waals surface area (Å²) >= 11 is 0. The molecule has 0 atom stereocenters. The van der Waals surface area contributed by atoms with Crippen molar-refractivity contribution in [3.63, 3.8) is 0 Å². The highest BCUT2D eigenvalue weighted by Gasteiger charge is 2.42. The Hall–Kier alpha value is -1.30. The summed E-state index contributed by atoms with van der Waals surface area (Å²) in [5.41, 5.74) is 4.86. The number of pyridine rings is 1. The average molecular weight is 259 g/mol. The molecule has 1 aliphatic carbocycles. The molecule has 18 heavy (non-hydrogen) atoms. The van der Waals surface area contributed by atoms with Crippen LogP contribution in [-0.2, 0) is 6.18 Å². The number of nitrogens with one attached hydrogen (secondary N) is 1. The Morgan fingerprint density at radius 3 is 2.67 bits per heavy atom. The lowest BCUT2D eigenvalue weighted by molar-refractivity contribution is -0.137. The van der Waals surface area contributed by atoms with Crippen LogP contribution in [0.1, 0.15) is 24.8 Å². The first kappa shape index (κ1) is 13.1. The SMILES string of the molecule is NCCC1(CNc2ncccc2C(F)(F)F)CC1. The van der Waals surface area contributed by atoms with Gasteiger partial charge in [0.05, 0.1) is 5.56 Å². The molecule has 1 saturated carbocycles. The van der Waals surface area contributed by atoms with E-state index < -0.39 is 11.7 Å². The topological polar surface area (TPSA) is 50.9 Å². The van der Waals surface area contributed by atoms with Crippen LogP contribution in [0, 0.1) is 5.41 Å². The van der Waals surface area contributed by atoms with Crippen LogP contribution in [0.2, 0.25) is 0 Å². The van der Waals surface area contributed by atoms with Crippen molar-refractivity contribution in [3.8, 4) is 0 Å². The standard InChI is InChI=1S/C12H16F3N3/c13-12(14,15)9-2-1-7-17-10(9)18-8-11(3-4-11)5-6-16/h1-2,7H,3-6,8,16H2,(H,17,18). The van der Waals surface area contributed by atoms with Gasteiger partial charge in [-0.2, -0.15) is 13.2 Å². The van der Waals surface area contributed by atoms with Gasteiger partial charge in [0.25, 0.3) is 0 Å². The number of nitrogens with two attached hydrogens (primary N) is 1. The first-order valence-electron chi connectivity index (χ1n) is 5.93. The van der Waals surface area contributed by atoms with Crippen molar-refractivity contribution in [3.05, 3.63) is 23.9 Å². The predicted octanol–water partition coefficient (Wildman–Crippen LogP) is 2.64. The normalized spacial score (nSPS) is 17.6. The zero-order valence-electron chi connectivity index (χ0n) is 9.93. The van der Waals surface area contributed by atoms with Crippen molar-refractivity contribution in [2.75, 3.05) is 18.4 Å². The molecule has 3 nitrogen and oxygen atoms in total. The Balaban J connectivity index is 2.06. The molecule has 1 fully saturated rings. The molecule has 1 aromatic heterocycles. The molecule has 0 saturated heterocycles. The van der Waals surface area contributed by atoms with E-state index in [0.717, 1.165) is 25.3 Å². The number of halogens is 3. The van der Waals surface area contributed by atoms with Gasteiger partial charge in [0.15, 0.2) is 0 Å². The van der Waals surface area contributed by atoms with Crippen LogP contribution >= 0.6 is 0 Å². The smallest absolute Gasteiger partial charge is 0.369 e. The van der Waals surface area contributed by atoms with Gasteiger partial charge in [-0.05, 0) is 43.4 Å². The predicted molar refractivity (Wildman–Crippen MR) is 63.1 cm³/mol. The Morgan fingerprint density at radius 2 is 2.11 bits per heavy atom. The van der Waals surface area contributed by atoms with Gasteiger partial charge in [-0.15, -0.1) is 0 Å². The molecule has 100 valence electrons. The first-order valence-corrected chi connectivity index (χ1v) is 5.93. The highest BCUT2D eigenvalue weighted by Crippen LogP contribution is 2.48. The zero-order valence-corrected chi connectivity index (χ0v) is 9.93. The summed E-state index contributed by atoms with van der Waals surface area (Å²) in [5, 5.41) is 2.82. The van der Waals surface area contributed by atoms with Crippen LogP contribution in [0.5, 0.6) is 0 Å². The summed E-state index contributed by atoms with van der Waals surface area (Å²) < 4.78 is 38.2. The Bertz CT molecular complexity index is 413. The molecule has 6 heteroatoms. The second-order valence-corrected chi connectivity index (χ2v) is 4.79. The fourth-order valence-corrected chi connectivity index (χ4v) is 2.04. The number of nitrogens with zero attached hydrogens (tertiary/aromatic N) is 1. The van der Waals surface area contributed by atoms with Crippen molar-refractivity contribution >= 4 is 5.82 Å². The fourth-order valence-electron chi connectivity index (χ4n) is 2.04. The van der Waals surface area contributed by atoms with E-state index >= 15 is 0 Å². The lowest BCUT2D eigenvalue weighted by Gasteiger charge is -2.18. The molecular weight excluding hydrogens is 243 g/mol. The molecule has 0 spiro atoms. The number of hydrogen-bond donors (Lipinski definition) is 2. The van der Waals surface area contributed by atoms with Crippen LogP contribution in [0.25, 0.3) is 0 Å². The van der Waals surface area contributed by atoms with Gasteiger partial charge in [-0.1, -0.05) is 0 Å². The lowest BCUT2D eigenvalue weighted by atomic mass is 10.0. The van der Waals surface area contributed by atoms with Gasteiger partial charge in [0.1, 0.15) is 5.82 Å². The van der Waals surface area contributed by atoms with E-state index in [0.29, 0.717) is 13.1 Å². The lowest BCUT2D eigenvalue weighted by Crippen LogP contribution is -2.21. The molecule has 0 aliphatic heterocycles. The van der Waals surface area contributed by atoms with E-state index in [-0.39, 0.29) is 11.2 Å². The summed E-state index contributed by atoms with van der Waals surface area (Å²) in [5.74, 6) is -0.0895. The second-order valence-electron chi connectivity index (χ2n) is 4.79. The third-order valence-electron chi connectivity index (χ3n) is 3.38. The molecule has 1 aliphatic rings. The minimum Gasteiger partial charge on any atom is -0.369 e. The summed E-state index contributed by atoms with van der Waals surface area (Å²) in [6, 6.07) is 2.33. The van der Waals surface area contributed by atoms with Crippen molar-refractivity contribution in [2.24, 2.45) is 11.1 Å². The van der Waals surface area contributed by atoms with Crippen molar-refractivity contribution in [2.45, 2.75) is 25.4 Å².